The highest BCUT2D eigenvalue weighted by Crippen LogP contribution is 2.28. The summed E-state index contributed by atoms with van der Waals surface area (Å²) in [4.78, 5) is 35.2. The summed E-state index contributed by atoms with van der Waals surface area (Å²) in [6, 6.07) is 18.0. The minimum atomic E-state index is -0.851. The predicted molar refractivity (Wildman–Crippen MR) is 109 cm³/mol. The molecule has 1 fully saturated rings. The van der Waals surface area contributed by atoms with Crippen molar-refractivity contribution < 1.29 is 19.1 Å². The van der Waals surface area contributed by atoms with Crippen molar-refractivity contribution in [3.8, 4) is 5.75 Å². The maximum atomic E-state index is 12.0. The first-order chi connectivity index (χ1) is 14.0. The number of rotatable bonds is 4. The lowest BCUT2D eigenvalue weighted by atomic mass is 10.1. The fourth-order valence-electron chi connectivity index (χ4n) is 3.10. The molecular weight excluding hydrogens is 392 g/mol. The molecule has 29 heavy (non-hydrogen) atoms. The van der Waals surface area contributed by atoms with E-state index in [1.165, 1.54) is 6.08 Å². The average Bonchev–Trinajstić information content (AvgIpc) is 2.70. The molecule has 7 heteroatoms. The van der Waals surface area contributed by atoms with Gasteiger partial charge in [-0.25, -0.2) is 4.79 Å². The molecule has 1 heterocycles. The van der Waals surface area contributed by atoms with E-state index in [1.807, 2.05) is 53.1 Å². The molecule has 2 N–H and O–H groups in total. The molecular formula is C22H15ClN2O4. The van der Waals surface area contributed by atoms with Gasteiger partial charge in [0.25, 0.3) is 11.8 Å². The smallest absolute Gasteiger partial charge is 0.328 e. The summed E-state index contributed by atoms with van der Waals surface area (Å²) < 4.78 is 5.99. The minimum absolute atomic E-state index is 0.207. The van der Waals surface area contributed by atoms with E-state index in [0.717, 1.165) is 16.3 Å². The summed E-state index contributed by atoms with van der Waals surface area (Å²) in [7, 11) is 0. The summed E-state index contributed by atoms with van der Waals surface area (Å²) in [5, 5.41) is 6.68. The molecule has 4 amide bonds. The summed E-state index contributed by atoms with van der Waals surface area (Å²) in [5.74, 6) is -1.11. The van der Waals surface area contributed by atoms with Gasteiger partial charge >= 0.3 is 6.03 Å². The number of carbonyl (C=O) groups excluding carboxylic acids is 3. The fourth-order valence-corrected chi connectivity index (χ4v) is 3.28. The van der Waals surface area contributed by atoms with Crippen LogP contribution in [0.15, 0.2) is 66.2 Å². The van der Waals surface area contributed by atoms with Crippen molar-refractivity contribution in [3.63, 3.8) is 0 Å². The lowest BCUT2D eigenvalue weighted by Crippen LogP contribution is -2.51. The Kier molecular flexibility index (Phi) is 5.01. The van der Waals surface area contributed by atoms with E-state index in [9.17, 15) is 14.4 Å². The number of hydrogen-bond donors (Lipinski definition) is 2. The van der Waals surface area contributed by atoms with Crippen molar-refractivity contribution in [2.24, 2.45) is 0 Å². The van der Waals surface area contributed by atoms with Crippen LogP contribution in [0.2, 0.25) is 5.02 Å². The second kappa shape index (κ2) is 7.77. The molecule has 1 aliphatic heterocycles. The fraction of sp³-hybridized carbons (Fsp3) is 0.0455. The molecule has 0 aromatic heterocycles. The van der Waals surface area contributed by atoms with Gasteiger partial charge in [-0.15, -0.1) is 0 Å². The Balaban J connectivity index is 1.65. The number of fused-ring (bicyclic) bond motifs is 1. The molecule has 3 aromatic rings. The molecule has 0 atom stereocenters. The van der Waals surface area contributed by atoms with Gasteiger partial charge in [-0.05, 0) is 40.6 Å². The third kappa shape index (κ3) is 3.97. The van der Waals surface area contributed by atoms with Crippen LogP contribution in [-0.2, 0) is 16.2 Å². The van der Waals surface area contributed by atoms with E-state index in [0.29, 0.717) is 16.3 Å². The SMILES string of the molecule is O=C1NC(=O)C(=Cc2cc(Cl)ccc2OCc2cccc3ccccc23)C(=O)N1. The van der Waals surface area contributed by atoms with Crippen LogP contribution in [0.4, 0.5) is 4.79 Å². The molecule has 0 saturated carbocycles. The van der Waals surface area contributed by atoms with Crippen LogP contribution in [0, 0.1) is 0 Å². The number of benzene rings is 3. The number of nitrogens with one attached hydrogen (secondary N) is 2. The summed E-state index contributed by atoms with van der Waals surface area (Å²) in [6.45, 7) is 0.288. The van der Waals surface area contributed by atoms with Gasteiger partial charge in [0.2, 0.25) is 0 Å². The van der Waals surface area contributed by atoms with Gasteiger partial charge in [0.05, 0.1) is 0 Å². The highest BCUT2D eigenvalue weighted by Gasteiger charge is 2.28. The van der Waals surface area contributed by atoms with Crippen LogP contribution < -0.4 is 15.4 Å². The Hall–Kier alpha value is -3.64. The van der Waals surface area contributed by atoms with Crippen molar-refractivity contribution in [2.75, 3.05) is 0 Å². The van der Waals surface area contributed by atoms with E-state index in [4.69, 9.17) is 16.3 Å². The third-order valence-electron chi connectivity index (χ3n) is 4.48. The Labute approximate surface area is 171 Å². The van der Waals surface area contributed by atoms with Gasteiger partial charge < -0.3 is 4.74 Å². The molecule has 0 aliphatic carbocycles. The standard InChI is InChI=1S/C22H15ClN2O4/c23-16-8-9-19(15(10-16)11-18-20(26)24-22(28)25-21(18)27)29-12-14-6-3-5-13-4-1-2-7-17(13)14/h1-11H,12H2,(H2,24,25,26,27,28). The van der Waals surface area contributed by atoms with E-state index >= 15 is 0 Å². The van der Waals surface area contributed by atoms with Crippen molar-refractivity contribution in [1.82, 2.24) is 10.6 Å². The number of amides is 4. The van der Waals surface area contributed by atoms with Gasteiger partial charge in [0.15, 0.2) is 0 Å². The molecule has 0 spiro atoms. The molecule has 1 saturated heterocycles. The minimum Gasteiger partial charge on any atom is -0.488 e. The zero-order valence-corrected chi connectivity index (χ0v) is 15.8. The van der Waals surface area contributed by atoms with E-state index < -0.39 is 17.8 Å². The van der Waals surface area contributed by atoms with Gasteiger partial charge in [0.1, 0.15) is 17.9 Å². The number of barbiturate groups is 1. The summed E-state index contributed by atoms with van der Waals surface area (Å²) in [6.07, 6.45) is 1.35. The Morgan fingerprint density at radius 3 is 2.41 bits per heavy atom. The van der Waals surface area contributed by atoms with Gasteiger partial charge in [-0.2, -0.15) is 0 Å². The van der Waals surface area contributed by atoms with E-state index in [2.05, 4.69) is 0 Å². The van der Waals surface area contributed by atoms with Crippen molar-refractivity contribution >= 4 is 46.3 Å². The van der Waals surface area contributed by atoms with Crippen molar-refractivity contribution in [2.45, 2.75) is 6.61 Å². The Morgan fingerprint density at radius 2 is 1.62 bits per heavy atom. The molecule has 4 rings (SSSR count). The van der Waals surface area contributed by atoms with Gasteiger partial charge in [0, 0.05) is 10.6 Å². The molecule has 3 aromatic carbocycles. The van der Waals surface area contributed by atoms with Crippen LogP contribution in [-0.4, -0.2) is 17.8 Å². The number of halogens is 1. The highest BCUT2D eigenvalue weighted by atomic mass is 35.5. The van der Waals surface area contributed by atoms with Crippen LogP contribution >= 0.6 is 11.6 Å². The largest absolute Gasteiger partial charge is 0.488 e. The maximum Gasteiger partial charge on any atom is 0.328 e. The first-order valence-electron chi connectivity index (χ1n) is 8.78. The van der Waals surface area contributed by atoms with Crippen LogP contribution in [0.3, 0.4) is 0 Å². The second-order valence-electron chi connectivity index (χ2n) is 6.40. The zero-order chi connectivity index (χ0) is 20.4. The number of ether oxygens (including phenoxy) is 1. The first-order valence-corrected chi connectivity index (χ1v) is 9.16. The molecule has 144 valence electrons. The maximum absolute atomic E-state index is 12.0. The predicted octanol–water partition coefficient (Wildman–Crippen LogP) is 3.82. The second-order valence-corrected chi connectivity index (χ2v) is 6.84. The van der Waals surface area contributed by atoms with Crippen molar-refractivity contribution in [3.05, 3.63) is 82.4 Å². The highest BCUT2D eigenvalue weighted by molar-refractivity contribution is 6.32. The first kappa shape index (κ1) is 18.7. The normalized spacial score (nSPS) is 13.8. The molecule has 6 nitrogen and oxygen atoms in total. The lowest BCUT2D eigenvalue weighted by Gasteiger charge is -2.15. The Bertz CT molecular complexity index is 1160. The molecule has 1 aliphatic rings. The monoisotopic (exact) mass is 406 g/mol. The van der Waals surface area contributed by atoms with Crippen LogP contribution in [0.5, 0.6) is 5.75 Å². The van der Waals surface area contributed by atoms with Gasteiger partial charge in [-0.1, -0.05) is 54.1 Å². The van der Waals surface area contributed by atoms with Crippen LogP contribution in [0.25, 0.3) is 16.8 Å². The number of urea groups is 1. The third-order valence-corrected chi connectivity index (χ3v) is 4.71. The molecule has 0 bridgehead atoms. The lowest BCUT2D eigenvalue weighted by molar-refractivity contribution is -0.123. The topological polar surface area (TPSA) is 84.5 Å². The number of imide groups is 2. The molecule has 0 radical (unpaired) electrons. The number of carbonyl (C=O) groups is 3. The van der Waals surface area contributed by atoms with Crippen molar-refractivity contribution in [1.29, 1.82) is 0 Å². The van der Waals surface area contributed by atoms with Gasteiger partial charge in [-0.3, -0.25) is 20.2 Å². The zero-order valence-electron chi connectivity index (χ0n) is 15.1. The average molecular weight is 407 g/mol. The van der Waals surface area contributed by atoms with Crippen LogP contribution in [0.1, 0.15) is 11.1 Å². The quantitative estimate of drug-likeness (QED) is 0.509. The summed E-state index contributed by atoms with van der Waals surface area (Å²) in [5.41, 5.74) is 1.24. The number of hydrogen-bond acceptors (Lipinski definition) is 4. The summed E-state index contributed by atoms with van der Waals surface area (Å²) >= 11 is 6.09. The van der Waals surface area contributed by atoms with E-state index in [-0.39, 0.29) is 12.2 Å². The van der Waals surface area contributed by atoms with E-state index in [1.54, 1.807) is 18.2 Å². The Morgan fingerprint density at radius 1 is 0.897 bits per heavy atom. The molecule has 0 unspecified atom stereocenters.